The summed E-state index contributed by atoms with van der Waals surface area (Å²) in [4.78, 5) is 33.8. The molecule has 0 radical (unpaired) electrons. The van der Waals surface area contributed by atoms with Gasteiger partial charge in [0.25, 0.3) is 0 Å². The van der Waals surface area contributed by atoms with Crippen LogP contribution in [0.15, 0.2) is 12.7 Å². The lowest BCUT2D eigenvalue weighted by Gasteiger charge is -2.34. The monoisotopic (exact) mass is 313 g/mol. The van der Waals surface area contributed by atoms with Gasteiger partial charge >= 0.3 is 0 Å². The summed E-state index contributed by atoms with van der Waals surface area (Å²) in [5.41, 5.74) is 1.33. The molecule has 0 unspecified atom stereocenters. The largest absolute Gasteiger partial charge is 0.348 e. The van der Waals surface area contributed by atoms with Crippen LogP contribution < -0.4 is 4.90 Å². The molecule has 0 spiro atoms. The van der Waals surface area contributed by atoms with E-state index in [1.165, 1.54) is 6.33 Å². The second kappa shape index (κ2) is 6.62. The minimum absolute atomic E-state index is 0.0825. The SMILES string of the molecule is C#CCN1CCN(C(=O)CN(C)c2ncnc3nc[nH]c23)CC1. The lowest BCUT2D eigenvalue weighted by atomic mass is 10.3. The number of carbonyl (C=O) groups is 1. The summed E-state index contributed by atoms with van der Waals surface area (Å²) in [5.74, 6) is 3.40. The zero-order valence-corrected chi connectivity index (χ0v) is 13.1. The number of nitrogens with zero attached hydrogens (tertiary/aromatic N) is 6. The summed E-state index contributed by atoms with van der Waals surface area (Å²) < 4.78 is 0. The highest BCUT2D eigenvalue weighted by molar-refractivity contribution is 5.87. The Kier molecular flexibility index (Phi) is 4.39. The number of carbonyl (C=O) groups excluding carboxylic acids is 1. The first kappa shape index (κ1) is 15.2. The van der Waals surface area contributed by atoms with Gasteiger partial charge < -0.3 is 14.8 Å². The van der Waals surface area contributed by atoms with Crippen LogP contribution in [-0.2, 0) is 4.79 Å². The van der Waals surface area contributed by atoms with E-state index in [1.807, 2.05) is 16.8 Å². The van der Waals surface area contributed by atoms with Crippen LogP contribution in [0, 0.1) is 12.3 Å². The number of amides is 1. The van der Waals surface area contributed by atoms with E-state index in [9.17, 15) is 4.79 Å². The third kappa shape index (κ3) is 3.24. The van der Waals surface area contributed by atoms with E-state index in [4.69, 9.17) is 6.42 Å². The third-order valence-electron chi connectivity index (χ3n) is 3.98. The molecular formula is C15H19N7O. The molecule has 3 rings (SSSR count). The van der Waals surface area contributed by atoms with E-state index >= 15 is 0 Å². The number of imidazole rings is 1. The van der Waals surface area contributed by atoms with Crippen LogP contribution in [0.25, 0.3) is 11.2 Å². The zero-order valence-electron chi connectivity index (χ0n) is 13.1. The van der Waals surface area contributed by atoms with Crippen molar-refractivity contribution in [3.8, 4) is 12.3 Å². The van der Waals surface area contributed by atoms with Crippen molar-refractivity contribution in [1.82, 2.24) is 29.7 Å². The second-order valence-corrected chi connectivity index (χ2v) is 5.52. The molecule has 1 aliphatic heterocycles. The summed E-state index contributed by atoms with van der Waals surface area (Å²) in [6, 6.07) is 0. The topological polar surface area (TPSA) is 81.2 Å². The molecule has 1 N–H and O–H groups in total. The Morgan fingerprint density at radius 1 is 1.35 bits per heavy atom. The molecule has 1 aliphatic rings. The maximum Gasteiger partial charge on any atom is 0.242 e. The van der Waals surface area contributed by atoms with Crippen molar-refractivity contribution in [1.29, 1.82) is 0 Å². The first-order chi connectivity index (χ1) is 11.2. The number of H-pyrrole nitrogens is 1. The van der Waals surface area contributed by atoms with Crippen LogP contribution in [0.5, 0.6) is 0 Å². The number of anilines is 1. The summed E-state index contributed by atoms with van der Waals surface area (Å²) in [6.07, 6.45) is 8.35. The number of nitrogens with one attached hydrogen (secondary N) is 1. The van der Waals surface area contributed by atoms with E-state index in [0.29, 0.717) is 31.1 Å². The van der Waals surface area contributed by atoms with Gasteiger partial charge in [0.15, 0.2) is 11.5 Å². The summed E-state index contributed by atoms with van der Waals surface area (Å²) in [5, 5.41) is 0. The van der Waals surface area contributed by atoms with Crippen LogP contribution in [0.3, 0.4) is 0 Å². The van der Waals surface area contributed by atoms with Gasteiger partial charge in [0, 0.05) is 33.2 Å². The van der Waals surface area contributed by atoms with Gasteiger partial charge in [-0.05, 0) is 0 Å². The maximum absolute atomic E-state index is 12.5. The van der Waals surface area contributed by atoms with Gasteiger partial charge in [-0.1, -0.05) is 5.92 Å². The van der Waals surface area contributed by atoms with E-state index in [0.717, 1.165) is 18.6 Å². The fourth-order valence-electron chi connectivity index (χ4n) is 2.70. The molecule has 120 valence electrons. The Morgan fingerprint density at radius 3 is 2.87 bits per heavy atom. The number of terminal acetylenes is 1. The molecule has 1 amide bonds. The predicted molar refractivity (Wildman–Crippen MR) is 86.8 cm³/mol. The van der Waals surface area contributed by atoms with Crippen molar-refractivity contribution >= 4 is 22.9 Å². The summed E-state index contributed by atoms with van der Waals surface area (Å²) >= 11 is 0. The van der Waals surface area contributed by atoms with Crippen LogP contribution in [0.4, 0.5) is 5.82 Å². The summed E-state index contributed by atoms with van der Waals surface area (Å²) in [7, 11) is 1.84. The highest BCUT2D eigenvalue weighted by Crippen LogP contribution is 2.18. The van der Waals surface area contributed by atoms with Gasteiger partial charge in [0.05, 0.1) is 19.4 Å². The van der Waals surface area contributed by atoms with Gasteiger partial charge in [-0.3, -0.25) is 9.69 Å². The van der Waals surface area contributed by atoms with E-state index in [2.05, 4.69) is 30.8 Å². The van der Waals surface area contributed by atoms with Crippen molar-refractivity contribution in [2.75, 3.05) is 51.2 Å². The molecule has 8 nitrogen and oxygen atoms in total. The number of hydrogen-bond donors (Lipinski definition) is 1. The first-order valence-corrected chi connectivity index (χ1v) is 7.48. The van der Waals surface area contributed by atoms with E-state index in [-0.39, 0.29) is 12.5 Å². The molecule has 1 saturated heterocycles. The fraction of sp³-hybridized carbons (Fsp3) is 0.467. The van der Waals surface area contributed by atoms with Crippen LogP contribution in [0.1, 0.15) is 0 Å². The average molecular weight is 313 g/mol. The number of rotatable bonds is 4. The second-order valence-electron chi connectivity index (χ2n) is 5.52. The minimum Gasteiger partial charge on any atom is -0.348 e. The number of likely N-dealkylation sites (N-methyl/N-ethyl adjacent to an activating group) is 1. The normalized spacial score (nSPS) is 15.6. The van der Waals surface area contributed by atoms with Crippen molar-refractivity contribution in [3.63, 3.8) is 0 Å². The highest BCUT2D eigenvalue weighted by atomic mass is 16.2. The molecule has 1 fully saturated rings. The smallest absolute Gasteiger partial charge is 0.242 e. The number of piperazine rings is 1. The fourth-order valence-corrected chi connectivity index (χ4v) is 2.70. The van der Waals surface area contributed by atoms with E-state index in [1.54, 1.807) is 6.33 Å². The molecular weight excluding hydrogens is 294 g/mol. The first-order valence-electron chi connectivity index (χ1n) is 7.48. The van der Waals surface area contributed by atoms with Gasteiger partial charge in [-0.25, -0.2) is 15.0 Å². The minimum atomic E-state index is 0.0825. The predicted octanol–water partition coefficient (Wildman–Crippen LogP) is -0.433. The summed E-state index contributed by atoms with van der Waals surface area (Å²) in [6.45, 7) is 3.95. The molecule has 0 atom stereocenters. The van der Waals surface area contributed by atoms with Crippen molar-refractivity contribution < 1.29 is 4.79 Å². The lowest BCUT2D eigenvalue weighted by Crippen LogP contribution is -2.51. The Morgan fingerprint density at radius 2 is 2.13 bits per heavy atom. The molecule has 2 aromatic rings. The maximum atomic E-state index is 12.5. The molecule has 0 aliphatic carbocycles. The molecule has 0 saturated carbocycles. The molecule has 8 heteroatoms. The molecule has 2 aromatic heterocycles. The Balaban J connectivity index is 1.62. The van der Waals surface area contributed by atoms with Crippen LogP contribution >= 0.6 is 0 Å². The standard InChI is InChI=1S/C15H19N7O/c1-3-4-21-5-7-22(8-6-21)12(23)9-20(2)15-13-14(17-10-16-13)18-11-19-15/h1,10-11H,4-9H2,2H3,(H,16,17,18,19). The van der Waals surface area contributed by atoms with Crippen molar-refractivity contribution in [3.05, 3.63) is 12.7 Å². The Bertz CT molecular complexity index is 727. The molecule has 0 aromatic carbocycles. The van der Waals surface area contributed by atoms with Gasteiger partial charge in [-0.15, -0.1) is 6.42 Å². The van der Waals surface area contributed by atoms with Gasteiger partial charge in [0.1, 0.15) is 11.8 Å². The number of aromatic nitrogens is 4. The average Bonchev–Trinajstić information content (AvgIpc) is 3.04. The lowest BCUT2D eigenvalue weighted by molar-refractivity contribution is -0.131. The Hall–Kier alpha value is -2.66. The Labute approximate surface area is 134 Å². The number of hydrogen-bond acceptors (Lipinski definition) is 6. The van der Waals surface area contributed by atoms with Gasteiger partial charge in [-0.2, -0.15) is 0 Å². The van der Waals surface area contributed by atoms with Crippen LogP contribution in [0.2, 0.25) is 0 Å². The zero-order chi connectivity index (χ0) is 16.2. The molecule has 0 bridgehead atoms. The quantitative estimate of drug-likeness (QED) is 0.771. The number of fused-ring (bicyclic) bond motifs is 1. The molecule has 3 heterocycles. The highest BCUT2D eigenvalue weighted by Gasteiger charge is 2.22. The van der Waals surface area contributed by atoms with Crippen molar-refractivity contribution in [2.45, 2.75) is 0 Å². The number of aromatic amines is 1. The molecule has 23 heavy (non-hydrogen) atoms. The van der Waals surface area contributed by atoms with Crippen molar-refractivity contribution in [2.24, 2.45) is 0 Å². The van der Waals surface area contributed by atoms with Gasteiger partial charge in [0.2, 0.25) is 5.91 Å². The van der Waals surface area contributed by atoms with E-state index < -0.39 is 0 Å². The van der Waals surface area contributed by atoms with Crippen LogP contribution in [-0.4, -0.2) is 82.0 Å². The third-order valence-corrected chi connectivity index (χ3v) is 3.98.